The van der Waals surface area contributed by atoms with Crippen LogP contribution >= 0.6 is 0 Å². The number of hydrogen-bond acceptors (Lipinski definition) is 4. The molecular weight excluding hydrogens is 274 g/mol. The first-order valence-corrected chi connectivity index (χ1v) is 8.49. The third kappa shape index (κ3) is 3.58. The topological polar surface area (TPSA) is 66.6 Å². The molecule has 0 aromatic heterocycles. The van der Waals surface area contributed by atoms with E-state index >= 15 is 0 Å². The molecule has 2 rings (SSSR count). The van der Waals surface area contributed by atoms with E-state index in [-0.39, 0.29) is 11.8 Å². The summed E-state index contributed by atoms with van der Waals surface area (Å²) in [7, 11) is -1.21. The van der Waals surface area contributed by atoms with Gasteiger partial charge in [0.05, 0.1) is 5.75 Å². The highest BCUT2D eigenvalue weighted by atomic mass is 32.2. The molecule has 1 aliphatic rings. The Morgan fingerprint density at radius 1 is 1.20 bits per heavy atom. The standard InChI is InChI=1S/C14H23N3O2S/c1-12-10-17(8-7-16(12)2)20(18,19)11-14-5-3-13(9-15)4-6-14/h3-6,12H,7-11,15H2,1-2H3. The van der Waals surface area contributed by atoms with Gasteiger partial charge in [-0.05, 0) is 25.1 Å². The van der Waals surface area contributed by atoms with Crippen molar-refractivity contribution in [2.75, 3.05) is 26.7 Å². The summed E-state index contributed by atoms with van der Waals surface area (Å²) in [5, 5.41) is 0. The quantitative estimate of drug-likeness (QED) is 0.884. The molecule has 0 amide bonds. The monoisotopic (exact) mass is 297 g/mol. The molecule has 1 aliphatic heterocycles. The third-order valence-corrected chi connectivity index (χ3v) is 5.74. The summed E-state index contributed by atoms with van der Waals surface area (Å²) >= 11 is 0. The van der Waals surface area contributed by atoms with Crippen molar-refractivity contribution >= 4 is 10.0 Å². The van der Waals surface area contributed by atoms with Crippen LogP contribution in [0.5, 0.6) is 0 Å². The Balaban J connectivity index is 2.06. The maximum absolute atomic E-state index is 12.4. The van der Waals surface area contributed by atoms with Crippen LogP contribution in [0.3, 0.4) is 0 Å². The number of sulfonamides is 1. The van der Waals surface area contributed by atoms with Crippen LogP contribution in [0, 0.1) is 0 Å². The van der Waals surface area contributed by atoms with E-state index in [9.17, 15) is 8.42 Å². The molecule has 0 bridgehead atoms. The van der Waals surface area contributed by atoms with Gasteiger partial charge in [0.1, 0.15) is 0 Å². The lowest BCUT2D eigenvalue weighted by atomic mass is 10.1. The highest BCUT2D eigenvalue weighted by molar-refractivity contribution is 7.88. The molecule has 0 spiro atoms. The van der Waals surface area contributed by atoms with Crippen molar-refractivity contribution in [3.8, 4) is 0 Å². The molecule has 20 heavy (non-hydrogen) atoms. The first kappa shape index (κ1) is 15.4. The van der Waals surface area contributed by atoms with Gasteiger partial charge in [-0.2, -0.15) is 4.31 Å². The third-order valence-electron chi connectivity index (χ3n) is 3.92. The second kappa shape index (κ2) is 6.22. The average Bonchev–Trinajstić information content (AvgIpc) is 2.42. The highest BCUT2D eigenvalue weighted by Gasteiger charge is 2.29. The first-order valence-electron chi connectivity index (χ1n) is 6.88. The fourth-order valence-corrected chi connectivity index (χ4v) is 3.94. The van der Waals surface area contributed by atoms with Gasteiger partial charge in [0, 0.05) is 32.2 Å². The van der Waals surface area contributed by atoms with Gasteiger partial charge in [-0.15, -0.1) is 0 Å². The van der Waals surface area contributed by atoms with Crippen LogP contribution in [0.15, 0.2) is 24.3 Å². The van der Waals surface area contributed by atoms with Crippen molar-refractivity contribution in [3.05, 3.63) is 35.4 Å². The molecule has 0 radical (unpaired) electrons. The number of nitrogens with zero attached hydrogens (tertiary/aromatic N) is 2. The number of benzene rings is 1. The van der Waals surface area contributed by atoms with Crippen molar-refractivity contribution in [1.29, 1.82) is 0 Å². The van der Waals surface area contributed by atoms with Crippen LogP contribution in [0.2, 0.25) is 0 Å². The van der Waals surface area contributed by atoms with Gasteiger partial charge in [-0.1, -0.05) is 24.3 Å². The maximum Gasteiger partial charge on any atom is 0.218 e. The fraction of sp³-hybridized carbons (Fsp3) is 0.571. The Morgan fingerprint density at radius 2 is 1.80 bits per heavy atom. The second-order valence-corrected chi connectivity index (χ2v) is 7.43. The zero-order valence-corrected chi connectivity index (χ0v) is 12.9. The van der Waals surface area contributed by atoms with Gasteiger partial charge in [0.25, 0.3) is 0 Å². The fourth-order valence-electron chi connectivity index (χ4n) is 2.34. The van der Waals surface area contributed by atoms with Crippen LogP contribution in [0.4, 0.5) is 0 Å². The minimum atomic E-state index is -3.24. The Hall–Kier alpha value is -0.950. The van der Waals surface area contributed by atoms with Gasteiger partial charge in [-0.25, -0.2) is 8.42 Å². The Bertz CT molecular complexity index is 542. The number of nitrogens with two attached hydrogens (primary N) is 1. The molecular formula is C14H23N3O2S. The van der Waals surface area contributed by atoms with Crippen molar-refractivity contribution in [2.24, 2.45) is 5.73 Å². The van der Waals surface area contributed by atoms with Crippen molar-refractivity contribution in [1.82, 2.24) is 9.21 Å². The summed E-state index contributed by atoms with van der Waals surface area (Å²) in [6, 6.07) is 7.73. The second-order valence-electron chi connectivity index (χ2n) is 5.46. The lowest BCUT2D eigenvalue weighted by Gasteiger charge is -2.36. The minimum absolute atomic E-state index is 0.0638. The van der Waals surface area contributed by atoms with E-state index in [4.69, 9.17) is 5.73 Å². The van der Waals surface area contributed by atoms with Gasteiger partial charge in [0.15, 0.2) is 0 Å². The van der Waals surface area contributed by atoms with Crippen LogP contribution in [0.25, 0.3) is 0 Å². The number of rotatable bonds is 4. The van der Waals surface area contributed by atoms with Crippen molar-refractivity contribution in [3.63, 3.8) is 0 Å². The summed E-state index contributed by atoms with van der Waals surface area (Å²) < 4.78 is 26.5. The maximum atomic E-state index is 12.4. The van der Waals surface area contributed by atoms with Gasteiger partial charge >= 0.3 is 0 Å². The molecule has 2 N–H and O–H groups in total. The summed E-state index contributed by atoms with van der Waals surface area (Å²) in [4.78, 5) is 2.18. The molecule has 1 fully saturated rings. The molecule has 1 heterocycles. The van der Waals surface area contributed by atoms with E-state index in [1.54, 1.807) is 4.31 Å². The van der Waals surface area contributed by atoms with Crippen LogP contribution in [0.1, 0.15) is 18.1 Å². The van der Waals surface area contributed by atoms with Gasteiger partial charge in [0.2, 0.25) is 10.0 Å². The predicted molar refractivity (Wildman–Crippen MR) is 80.6 cm³/mol. The highest BCUT2D eigenvalue weighted by Crippen LogP contribution is 2.16. The smallest absolute Gasteiger partial charge is 0.218 e. The molecule has 0 saturated carbocycles. The average molecular weight is 297 g/mol. The molecule has 1 aromatic carbocycles. The Kier molecular flexibility index (Phi) is 4.80. The largest absolute Gasteiger partial charge is 0.326 e. The van der Waals surface area contributed by atoms with E-state index < -0.39 is 10.0 Å². The number of likely N-dealkylation sites (N-methyl/N-ethyl adjacent to an activating group) is 1. The number of hydrogen-bond donors (Lipinski definition) is 1. The minimum Gasteiger partial charge on any atom is -0.326 e. The summed E-state index contributed by atoms with van der Waals surface area (Å²) in [6.45, 7) is 4.46. The van der Waals surface area contributed by atoms with Crippen LogP contribution in [-0.2, 0) is 22.3 Å². The van der Waals surface area contributed by atoms with Crippen molar-refractivity contribution in [2.45, 2.75) is 25.3 Å². The van der Waals surface area contributed by atoms with Crippen LogP contribution in [-0.4, -0.2) is 50.3 Å². The Labute approximate surface area is 121 Å². The molecule has 6 heteroatoms. The molecule has 1 atom stereocenters. The predicted octanol–water partition coefficient (Wildman–Crippen LogP) is 0.611. The SMILES string of the molecule is CC1CN(S(=O)(=O)Cc2ccc(CN)cc2)CCN1C. The molecule has 1 saturated heterocycles. The molecule has 1 unspecified atom stereocenters. The van der Waals surface area contributed by atoms with E-state index in [1.165, 1.54) is 0 Å². The normalized spacial score (nSPS) is 22.1. The zero-order chi connectivity index (χ0) is 14.8. The lowest BCUT2D eigenvalue weighted by molar-refractivity contribution is 0.159. The summed E-state index contributed by atoms with van der Waals surface area (Å²) in [5.74, 6) is 0.0638. The summed E-state index contributed by atoms with van der Waals surface area (Å²) in [5.41, 5.74) is 7.37. The summed E-state index contributed by atoms with van der Waals surface area (Å²) in [6.07, 6.45) is 0. The zero-order valence-electron chi connectivity index (χ0n) is 12.1. The van der Waals surface area contributed by atoms with Crippen LogP contribution < -0.4 is 5.73 Å². The van der Waals surface area contributed by atoms with Crippen molar-refractivity contribution < 1.29 is 8.42 Å². The number of piperazine rings is 1. The molecule has 0 aliphatic carbocycles. The van der Waals surface area contributed by atoms with E-state index in [1.807, 2.05) is 31.3 Å². The first-order chi connectivity index (χ1) is 9.42. The van der Waals surface area contributed by atoms with Gasteiger partial charge in [-0.3, -0.25) is 0 Å². The lowest BCUT2D eigenvalue weighted by Crippen LogP contribution is -2.52. The Morgan fingerprint density at radius 3 is 2.35 bits per heavy atom. The van der Waals surface area contributed by atoms with E-state index in [0.717, 1.165) is 17.7 Å². The van der Waals surface area contributed by atoms with E-state index in [2.05, 4.69) is 11.8 Å². The molecule has 112 valence electrons. The molecule has 5 nitrogen and oxygen atoms in total. The van der Waals surface area contributed by atoms with Gasteiger partial charge < -0.3 is 10.6 Å². The van der Waals surface area contributed by atoms with E-state index in [0.29, 0.717) is 19.6 Å². The molecule has 1 aromatic rings.